The summed E-state index contributed by atoms with van der Waals surface area (Å²) in [5, 5.41) is 8.19. The molecule has 0 bridgehead atoms. The number of hydrogen-bond acceptors (Lipinski definition) is 5. The molecule has 6 heteroatoms. The Balaban J connectivity index is 0.000000192. The van der Waals surface area contributed by atoms with E-state index in [0.717, 1.165) is 9.47 Å². The molecule has 0 saturated heterocycles. The molecule has 0 aliphatic rings. The number of para-hydroxylation sites is 1. The topological polar surface area (TPSA) is 62.3 Å². The molecular weight excluding hydrogens is 282 g/mol. The number of nitrogens with one attached hydrogen (secondary N) is 1. The number of H-pyrrole nitrogens is 1. The molecule has 102 valence electrons. The molecule has 0 aliphatic heterocycles. The van der Waals surface area contributed by atoms with E-state index in [1.165, 1.54) is 4.70 Å². The van der Waals surface area contributed by atoms with Gasteiger partial charge in [0.25, 0.3) is 0 Å². The van der Waals surface area contributed by atoms with Crippen LogP contribution >= 0.6 is 23.6 Å². The lowest BCUT2D eigenvalue weighted by Gasteiger charge is -1.99. The van der Waals surface area contributed by atoms with Gasteiger partial charge in [-0.05, 0) is 31.3 Å². The molecule has 0 fully saturated rings. The highest BCUT2D eigenvalue weighted by atomic mass is 32.1. The third-order valence-corrected chi connectivity index (χ3v) is 3.21. The number of aromatic amines is 1. The smallest absolute Gasteiger partial charge is 0.333 e. The van der Waals surface area contributed by atoms with Crippen molar-refractivity contribution in [2.45, 2.75) is 6.92 Å². The summed E-state index contributed by atoms with van der Waals surface area (Å²) in [6.07, 6.45) is 0. The van der Waals surface area contributed by atoms with Gasteiger partial charge in [0.05, 0.1) is 16.8 Å². The van der Waals surface area contributed by atoms with Crippen molar-refractivity contribution in [1.29, 1.82) is 0 Å². The molecule has 2 aromatic rings. The summed E-state index contributed by atoms with van der Waals surface area (Å²) in [5.74, 6) is -0.455. The second-order valence-electron chi connectivity index (χ2n) is 3.65. The van der Waals surface area contributed by atoms with Gasteiger partial charge >= 0.3 is 5.97 Å². The molecule has 0 aliphatic carbocycles. The summed E-state index contributed by atoms with van der Waals surface area (Å²) < 4.78 is 6.54. The minimum atomic E-state index is -0.455. The van der Waals surface area contributed by atoms with Crippen molar-refractivity contribution in [2.75, 3.05) is 13.2 Å². The number of hydrogen-bond donors (Lipinski definition) is 2. The van der Waals surface area contributed by atoms with Gasteiger partial charge in [0, 0.05) is 5.57 Å². The van der Waals surface area contributed by atoms with Crippen LogP contribution in [0.15, 0.2) is 36.4 Å². The summed E-state index contributed by atoms with van der Waals surface area (Å²) in [5.41, 5.74) is 1.49. The standard InChI is InChI=1S/C7H5NS2.C6H10O3/c9-7-8-5-3-1-2-4-6(5)10-7;1-5(2)6(8)9-4-3-7/h1-4H,(H,8,9);7H,1,3-4H2,2H3. The number of esters is 1. The molecule has 0 spiro atoms. The fourth-order valence-corrected chi connectivity index (χ4v) is 2.27. The number of carbonyl (C=O) groups is 1. The first-order chi connectivity index (χ1) is 9.04. The van der Waals surface area contributed by atoms with Gasteiger partial charge in [-0.25, -0.2) is 4.79 Å². The van der Waals surface area contributed by atoms with Crippen LogP contribution in [0.2, 0.25) is 0 Å². The number of rotatable bonds is 3. The highest BCUT2D eigenvalue weighted by molar-refractivity contribution is 7.73. The van der Waals surface area contributed by atoms with Gasteiger partial charge in [0.15, 0.2) is 3.95 Å². The van der Waals surface area contributed by atoms with Crippen molar-refractivity contribution < 1.29 is 14.6 Å². The third-order valence-electron chi connectivity index (χ3n) is 2.00. The molecule has 4 nitrogen and oxygen atoms in total. The lowest BCUT2D eigenvalue weighted by molar-refractivity contribution is -0.139. The maximum Gasteiger partial charge on any atom is 0.333 e. The number of aliphatic hydroxyl groups is 1. The lowest BCUT2D eigenvalue weighted by Crippen LogP contribution is -2.08. The van der Waals surface area contributed by atoms with Crippen LogP contribution in [-0.4, -0.2) is 29.3 Å². The SMILES string of the molecule is C=C(C)C(=O)OCCO.S=c1[nH]c2ccccc2s1. The van der Waals surface area contributed by atoms with Crippen LogP contribution in [0.3, 0.4) is 0 Å². The second kappa shape index (κ2) is 7.83. The molecule has 0 amide bonds. The zero-order valence-electron chi connectivity index (χ0n) is 10.5. The quantitative estimate of drug-likeness (QED) is 0.519. The first kappa shape index (κ1) is 15.6. The van der Waals surface area contributed by atoms with Crippen molar-refractivity contribution in [3.05, 3.63) is 40.4 Å². The van der Waals surface area contributed by atoms with Crippen LogP contribution in [-0.2, 0) is 9.53 Å². The average molecular weight is 297 g/mol. The molecule has 2 N–H and O–H groups in total. The summed E-state index contributed by atoms with van der Waals surface area (Å²) in [6, 6.07) is 8.11. The van der Waals surface area contributed by atoms with Gasteiger partial charge in [0.2, 0.25) is 0 Å². The first-order valence-electron chi connectivity index (χ1n) is 5.56. The normalized spacial score (nSPS) is 9.58. The predicted octanol–water partition coefficient (Wildman–Crippen LogP) is 3.06. The highest BCUT2D eigenvalue weighted by Crippen LogP contribution is 2.17. The van der Waals surface area contributed by atoms with Crippen molar-refractivity contribution in [3.63, 3.8) is 0 Å². The van der Waals surface area contributed by atoms with Gasteiger partial charge in [-0.15, -0.1) is 11.3 Å². The fourth-order valence-electron chi connectivity index (χ4n) is 1.16. The van der Waals surface area contributed by atoms with E-state index in [4.69, 9.17) is 17.3 Å². The van der Waals surface area contributed by atoms with E-state index >= 15 is 0 Å². The zero-order chi connectivity index (χ0) is 14.3. The van der Waals surface area contributed by atoms with E-state index < -0.39 is 5.97 Å². The second-order valence-corrected chi connectivity index (χ2v) is 5.37. The Labute approximate surface area is 120 Å². The van der Waals surface area contributed by atoms with Gasteiger partial charge in [0.1, 0.15) is 6.61 Å². The number of benzene rings is 1. The van der Waals surface area contributed by atoms with Crippen molar-refractivity contribution >= 4 is 39.7 Å². The fraction of sp³-hybridized carbons (Fsp3) is 0.231. The highest BCUT2D eigenvalue weighted by Gasteiger charge is 1.99. The summed E-state index contributed by atoms with van der Waals surface area (Å²) in [7, 11) is 0. The molecule has 19 heavy (non-hydrogen) atoms. The molecule has 0 saturated carbocycles. The maximum atomic E-state index is 10.5. The van der Waals surface area contributed by atoms with E-state index in [9.17, 15) is 4.79 Å². The molecule has 1 aromatic carbocycles. The van der Waals surface area contributed by atoms with E-state index in [2.05, 4.69) is 22.4 Å². The van der Waals surface area contributed by atoms with E-state index in [1.807, 2.05) is 18.2 Å². The average Bonchev–Trinajstić information content (AvgIpc) is 2.76. The zero-order valence-corrected chi connectivity index (χ0v) is 12.1. The minimum absolute atomic E-state index is 0.0473. The minimum Gasteiger partial charge on any atom is -0.460 e. The van der Waals surface area contributed by atoms with Crippen molar-refractivity contribution in [1.82, 2.24) is 4.98 Å². The Kier molecular flexibility index (Phi) is 6.41. The molecule has 1 aromatic heterocycles. The number of aliphatic hydroxyl groups excluding tert-OH is 1. The summed E-state index contributed by atoms with van der Waals surface area (Å²) in [4.78, 5) is 13.6. The number of fused-ring (bicyclic) bond motifs is 1. The van der Waals surface area contributed by atoms with Crippen LogP contribution < -0.4 is 0 Å². The Morgan fingerprint density at radius 3 is 2.79 bits per heavy atom. The third kappa shape index (κ3) is 5.34. The van der Waals surface area contributed by atoms with Gasteiger partial charge in [-0.3, -0.25) is 0 Å². The van der Waals surface area contributed by atoms with Gasteiger partial charge in [-0.2, -0.15) is 0 Å². The molecule has 0 atom stereocenters. The Hall–Kier alpha value is -1.50. The van der Waals surface area contributed by atoms with E-state index in [-0.39, 0.29) is 13.2 Å². The number of carbonyl (C=O) groups excluding carboxylic acids is 1. The number of ether oxygens (including phenoxy) is 1. The van der Waals surface area contributed by atoms with E-state index in [1.54, 1.807) is 18.3 Å². The maximum absolute atomic E-state index is 10.5. The summed E-state index contributed by atoms with van der Waals surface area (Å²) in [6.45, 7) is 4.81. The first-order valence-corrected chi connectivity index (χ1v) is 6.78. The summed E-state index contributed by atoms with van der Waals surface area (Å²) >= 11 is 6.59. The van der Waals surface area contributed by atoms with Crippen molar-refractivity contribution in [3.8, 4) is 0 Å². The van der Waals surface area contributed by atoms with Gasteiger partial charge in [-0.1, -0.05) is 18.7 Å². The monoisotopic (exact) mass is 297 g/mol. The molecule has 0 radical (unpaired) electrons. The molecule has 2 rings (SSSR count). The van der Waals surface area contributed by atoms with E-state index in [0.29, 0.717) is 5.57 Å². The van der Waals surface area contributed by atoms with Crippen LogP contribution in [0, 0.1) is 3.95 Å². The predicted molar refractivity (Wildman–Crippen MR) is 79.9 cm³/mol. The van der Waals surface area contributed by atoms with Crippen LogP contribution in [0.4, 0.5) is 0 Å². The van der Waals surface area contributed by atoms with Crippen LogP contribution in [0.1, 0.15) is 6.92 Å². The van der Waals surface area contributed by atoms with Crippen molar-refractivity contribution in [2.24, 2.45) is 0 Å². The molecular formula is C13H15NO3S2. The Morgan fingerprint density at radius 1 is 1.53 bits per heavy atom. The lowest BCUT2D eigenvalue weighted by atomic mass is 10.3. The molecule has 1 heterocycles. The van der Waals surface area contributed by atoms with Crippen LogP contribution in [0.25, 0.3) is 10.2 Å². The molecule has 0 unspecified atom stereocenters. The largest absolute Gasteiger partial charge is 0.460 e. The number of aromatic nitrogens is 1. The Morgan fingerprint density at radius 2 is 2.21 bits per heavy atom. The Bertz CT molecular complexity index is 579. The number of thiazole rings is 1. The van der Waals surface area contributed by atoms with Crippen LogP contribution in [0.5, 0.6) is 0 Å². The van der Waals surface area contributed by atoms with Gasteiger partial charge < -0.3 is 14.8 Å².